The van der Waals surface area contributed by atoms with Crippen LogP contribution in [0.15, 0.2) is 18.2 Å². The van der Waals surface area contributed by atoms with E-state index in [2.05, 4.69) is 15.2 Å². The molecule has 118 valence electrons. The minimum Gasteiger partial charge on any atom is -0.464 e. The Balaban J connectivity index is 1.52. The molecule has 6 heteroatoms. The molecule has 2 aliphatic heterocycles. The molecule has 22 heavy (non-hydrogen) atoms. The first-order valence-electron chi connectivity index (χ1n) is 7.79. The molecule has 0 bridgehead atoms. The molecule has 0 spiro atoms. The SMILES string of the molecule is Cc1cccc(NC(=O)C2CCN([C@@H]3CCOC3=O)CC2)n1. The molecule has 3 heterocycles. The molecule has 0 radical (unpaired) electrons. The van der Waals surface area contributed by atoms with E-state index in [1.54, 1.807) is 6.07 Å². The normalized spacial score (nSPS) is 23.3. The molecule has 0 aromatic carbocycles. The van der Waals surface area contributed by atoms with Crippen LogP contribution >= 0.6 is 0 Å². The number of piperidine rings is 1. The third-order valence-corrected chi connectivity index (χ3v) is 4.39. The lowest BCUT2D eigenvalue weighted by atomic mass is 9.94. The third-order valence-electron chi connectivity index (χ3n) is 4.39. The second kappa shape index (κ2) is 6.44. The number of rotatable bonds is 3. The van der Waals surface area contributed by atoms with Crippen molar-refractivity contribution in [3.63, 3.8) is 0 Å². The predicted molar refractivity (Wildman–Crippen MR) is 81.3 cm³/mol. The number of pyridine rings is 1. The Morgan fingerprint density at radius 3 is 2.73 bits per heavy atom. The highest BCUT2D eigenvalue weighted by Crippen LogP contribution is 2.24. The fourth-order valence-corrected chi connectivity index (χ4v) is 3.13. The average molecular weight is 303 g/mol. The molecule has 3 rings (SSSR count). The summed E-state index contributed by atoms with van der Waals surface area (Å²) in [6.07, 6.45) is 2.30. The fourth-order valence-electron chi connectivity index (χ4n) is 3.13. The summed E-state index contributed by atoms with van der Waals surface area (Å²) in [5.41, 5.74) is 0.882. The maximum absolute atomic E-state index is 12.3. The van der Waals surface area contributed by atoms with E-state index in [0.717, 1.165) is 38.0 Å². The molecule has 1 N–H and O–H groups in total. The highest BCUT2D eigenvalue weighted by Gasteiger charge is 2.35. The number of carbonyl (C=O) groups excluding carboxylic acids is 2. The molecule has 2 fully saturated rings. The van der Waals surface area contributed by atoms with Gasteiger partial charge in [-0.25, -0.2) is 4.98 Å². The van der Waals surface area contributed by atoms with Gasteiger partial charge in [-0.3, -0.25) is 14.5 Å². The number of amides is 1. The van der Waals surface area contributed by atoms with Gasteiger partial charge in [0.2, 0.25) is 5.91 Å². The van der Waals surface area contributed by atoms with Gasteiger partial charge in [-0.1, -0.05) is 6.07 Å². The molecule has 0 unspecified atom stereocenters. The Morgan fingerprint density at radius 1 is 1.32 bits per heavy atom. The van der Waals surface area contributed by atoms with Crippen molar-refractivity contribution in [2.45, 2.75) is 32.2 Å². The van der Waals surface area contributed by atoms with Crippen molar-refractivity contribution in [3.05, 3.63) is 23.9 Å². The molecule has 0 aliphatic carbocycles. The predicted octanol–water partition coefficient (Wildman–Crippen LogP) is 1.36. The third kappa shape index (κ3) is 3.27. The van der Waals surface area contributed by atoms with Gasteiger partial charge >= 0.3 is 5.97 Å². The molecule has 1 amide bonds. The van der Waals surface area contributed by atoms with Crippen molar-refractivity contribution >= 4 is 17.7 Å². The molecule has 2 aliphatic rings. The Morgan fingerprint density at radius 2 is 2.09 bits per heavy atom. The quantitative estimate of drug-likeness (QED) is 0.854. The summed E-state index contributed by atoms with van der Waals surface area (Å²) >= 11 is 0. The number of likely N-dealkylation sites (tertiary alicyclic amines) is 1. The van der Waals surface area contributed by atoms with Crippen molar-refractivity contribution in [1.82, 2.24) is 9.88 Å². The topological polar surface area (TPSA) is 71.5 Å². The summed E-state index contributed by atoms with van der Waals surface area (Å²) in [5, 5.41) is 2.89. The van der Waals surface area contributed by atoms with Gasteiger partial charge in [0, 0.05) is 18.0 Å². The van der Waals surface area contributed by atoms with Crippen molar-refractivity contribution in [3.8, 4) is 0 Å². The zero-order valence-corrected chi connectivity index (χ0v) is 12.7. The number of nitrogens with zero attached hydrogens (tertiary/aromatic N) is 2. The number of hydrogen-bond acceptors (Lipinski definition) is 5. The molecule has 6 nitrogen and oxygen atoms in total. The number of nitrogens with one attached hydrogen (secondary N) is 1. The first-order valence-corrected chi connectivity index (χ1v) is 7.79. The maximum Gasteiger partial charge on any atom is 0.323 e. The number of carbonyl (C=O) groups is 2. The van der Waals surface area contributed by atoms with Crippen LogP contribution < -0.4 is 5.32 Å². The number of esters is 1. The molecule has 1 atom stereocenters. The van der Waals surface area contributed by atoms with Gasteiger partial charge in [0.1, 0.15) is 11.9 Å². The number of anilines is 1. The van der Waals surface area contributed by atoms with E-state index in [1.807, 2.05) is 19.1 Å². The number of cyclic esters (lactones) is 1. The maximum atomic E-state index is 12.3. The van der Waals surface area contributed by atoms with Gasteiger partial charge < -0.3 is 10.1 Å². The van der Waals surface area contributed by atoms with E-state index >= 15 is 0 Å². The van der Waals surface area contributed by atoms with Crippen LogP contribution in [-0.4, -0.2) is 47.5 Å². The monoisotopic (exact) mass is 303 g/mol. The van der Waals surface area contributed by atoms with Crippen LogP contribution in [0.4, 0.5) is 5.82 Å². The summed E-state index contributed by atoms with van der Waals surface area (Å²) in [6, 6.07) is 5.47. The van der Waals surface area contributed by atoms with Crippen LogP contribution in [0.5, 0.6) is 0 Å². The molecule has 0 saturated carbocycles. The van der Waals surface area contributed by atoms with Crippen LogP contribution in [0.3, 0.4) is 0 Å². The summed E-state index contributed by atoms with van der Waals surface area (Å²) < 4.78 is 5.02. The van der Waals surface area contributed by atoms with Crippen molar-refractivity contribution in [2.75, 3.05) is 25.0 Å². The van der Waals surface area contributed by atoms with Gasteiger partial charge in [0.05, 0.1) is 6.61 Å². The Kier molecular flexibility index (Phi) is 4.38. The van der Waals surface area contributed by atoms with E-state index in [1.165, 1.54) is 0 Å². The van der Waals surface area contributed by atoms with E-state index in [4.69, 9.17) is 4.74 Å². The highest BCUT2D eigenvalue weighted by molar-refractivity contribution is 5.91. The van der Waals surface area contributed by atoms with Crippen molar-refractivity contribution in [2.24, 2.45) is 5.92 Å². The van der Waals surface area contributed by atoms with Gasteiger partial charge in [-0.2, -0.15) is 0 Å². The number of hydrogen-bond donors (Lipinski definition) is 1. The minimum atomic E-state index is -0.119. The second-order valence-electron chi connectivity index (χ2n) is 5.94. The first kappa shape index (κ1) is 15.0. The second-order valence-corrected chi connectivity index (χ2v) is 5.94. The fraction of sp³-hybridized carbons (Fsp3) is 0.562. The number of ether oxygens (including phenoxy) is 1. The van der Waals surface area contributed by atoms with Gasteiger partial charge in [0.25, 0.3) is 0 Å². The van der Waals surface area contributed by atoms with Crippen molar-refractivity contribution < 1.29 is 14.3 Å². The van der Waals surface area contributed by atoms with Gasteiger partial charge in [-0.05, 0) is 45.0 Å². The average Bonchev–Trinajstić information content (AvgIpc) is 2.93. The van der Waals surface area contributed by atoms with E-state index in [-0.39, 0.29) is 23.8 Å². The van der Waals surface area contributed by atoms with Crippen LogP contribution in [0.25, 0.3) is 0 Å². The van der Waals surface area contributed by atoms with Gasteiger partial charge in [-0.15, -0.1) is 0 Å². The largest absolute Gasteiger partial charge is 0.464 e. The van der Waals surface area contributed by atoms with E-state index in [9.17, 15) is 9.59 Å². The van der Waals surface area contributed by atoms with Crippen molar-refractivity contribution in [1.29, 1.82) is 0 Å². The lowest BCUT2D eigenvalue weighted by Gasteiger charge is -2.33. The highest BCUT2D eigenvalue weighted by atomic mass is 16.5. The molecule has 1 aromatic heterocycles. The van der Waals surface area contributed by atoms with E-state index < -0.39 is 0 Å². The van der Waals surface area contributed by atoms with Crippen LogP contribution in [0.2, 0.25) is 0 Å². The lowest BCUT2D eigenvalue weighted by molar-refractivity contribution is -0.142. The van der Waals surface area contributed by atoms with E-state index in [0.29, 0.717) is 12.4 Å². The molecular formula is C16H21N3O3. The summed E-state index contributed by atoms with van der Waals surface area (Å²) in [7, 11) is 0. The zero-order chi connectivity index (χ0) is 15.5. The molecule has 2 saturated heterocycles. The standard InChI is InChI=1S/C16H21N3O3/c1-11-3-2-4-14(17-11)18-15(20)12-5-8-19(9-6-12)13-7-10-22-16(13)21/h2-4,12-13H,5-10H2,1H3,(H,17,18,20)/t13-/m1/s1. The van der Waals surface area contributed by atoms with Crippen LogP contribution in [0, 0.1) is 12.8 Å². The van der Waals surface area contributed by atoms with Crippen LogP contribution in [-0.2, 0) is 14.3 Å². The van der Waals surface area contributed by atoms with Gasteiger partial charge in [0.15, 0.2) is 0 Å². The summed E-state index contributed by atoms with van der Waals surface area (Å²) in [5.74, 6) is 0.487. The molecular weight excluding hydrogens is 282 g/mol. The minimum absolute atomic E-state index is 0.0176. The summed E-state index contributed by atoms with van der Waals surface area (Å²) in [6.45, 7) is 3.94. The Bertz CT molecular complexity index is 568. The number of aromatic nitrogens is 1. The Hall–Kier alpha value is -1.95. The smallest absolute Gasteiger partial charge is 0.323 e. The summed E-state index contributed by atoms with van der Waals surface area (Å²) in [4.78, 5) is 30.4. The zero-order valence-electron chi connectivity index (χ0n) is 12.7. The molecule has 1 aromatic rings. The first-order chi connectivity index (χ1) is 10.6. The number of aryl methyl sites for hydroxylation is 1. The lowest BCUT2D eigenvalue weighted by Crippen LogP contribution is -2.45. The van der Waals surface area contributed by atoms with Crippen LogP contribution in [0.1, 0.15) is 25.0 Å². The Labute approximate surface area is 129 Å².